The van der Waals surface area contributed by atoms with Crippen LogP contribution in [-0.4, -0.2) is 37.4 Å². The molecule has 0 aliphatic carbocycles. The summed E-state index contributed by atoms with van der Waals surface area (Å²) in [7, 11) is 0. The lowest BCUT2D eigenvalue weighted by atomic mass is 10.2. The van der Waals surface area contributed by atoms with Crippen molar-refractivity contribution in [1.29, 1.82) is 0 Å². The van der Waals surface area contributed by atoms with Gasteiger partial charge in [0.1, 0.15) is 12.7 Å². The van der Waals surface area contributed by atoms with Crippen LogP contribution >= 0.6 is 0 Å². The molecule has 22 heavy (non-hydrogen) atoms. The Morgan fingerprint density at radius 1 is 1.00 bits per heavy atom. The Bertz CT molecular complexity index is 329. The molecule has 1 unspecified atom stereocenters. The van der Waals surface area contributed by atoms with Gasteiger partial charge in [0.2, 0.25) is 0 Å². The highest BCUT2D eigenvalue weighted by atomic mass is 16.6. The fourth-order valence-electron chi connectivity index (χ4n) is 2.41. The summed E-state index contributed by atoms with van der Waals surface area (Å²) >= 11 is 0. The Morgan fingerprint density at radius 3 is 2.27 bits per heavy atom. The van der Waals surface area contributed by atoms with Gasteiger partial charge in [0.25, 0.3) is 0 Å². The first-order valence-electron chi connectivity index (χ1n) is 8.62. The molecular formula is C17H30O5. The molecule has 5 heteroatoms. The molecule has 0 saturated carbocycles. The van der Waals surface area contributed by atoms with Crippen molar-refractivity contribution in [2.75, 3.05) is 13.2 Å². The van der Waals surface area contributed by atoms with Crippen LogP contribution in [0.3, 0.4) is 0 Å². The lowest BCUT2D eigenvalue weighted by Crippen LogP contribution is -2.20. The number of hydrogen-bond acceptors (Lipinski definition) is 5. The van der Waals surface area contributed by atoms with Gasteiger partial charge >= 0.3 is 11.9 Å². The first-order valence-corrected chi connectivity index (χ1v) is 8.62. The first kappa shape index (κ1) is 18.9. The number of hydrogen-bond donors (Lipinski definition) is 0. The van der Waals surface area contributed by atoms with E-state index in [4.69, 9.17) is 14.2 Å². The minimum absolute atomic E-state index is 0.149. The molecule has 1 rings (SSSR count). The molecule has 2 atom stereocenters. The topological polar surface area (TPSA) is 61.8 Å². The molecule has 0 spiro atoms. The molecule has 1 heterocycles. The van der Waals surface area contributed by atoms with Crippen LogP contribution in [0.2, 0.25) is 0 Å². The van der Waals surface area contributed by atoms with E-state index in [1.54, 1.807) is 0 Å². The summed E-state index contributed by atoms with van der Waals surface area (Å²) in [6.45, 7) is 4.86. The Hall–Kier alpha value is -1.10. The van der Waals surface area contributed by atoms with Crippen LogP contribution in [0.5, 0.6) is 0 Å². The number of carbonyl (C=O) groups is 2. The molecular weight excluding hydrogens is 284 g/mol. The van der Waals surface area contributed by atoms with E-state index in [1.165, 1.54) is 0 Å². The van der Waals surface area contributed by atoms with Gasteiger partial charge in [-0.2, -0.15) is 0 Å². The van der Waals surface area contributed by atoms with Crippen molar-refractivity contribution < 1.29 is 23.8 Å². The van der Waals surface area contributed by atoms with E-state index < -0.39 is 0 Å². The third kappa shape index (κ3) is 8.37. The van der Waals surface area contributed by atoms with Gasteiger partial charge in [-0.1, -0.05) is 39.5 Å². The zero-order valence-corrected chi connectivity index (χ0v) is 14.0. The van der Waals surface area contributed by atoms with Crippen molar-refractivity contribution in [3.8, 4) is 0 Å². The third-order valence-electron chi connectivity index (χ3n) is 3.74. The average molecular weight is 314 g/mol. The van der Waals surface area contributed by atoms with Crippen LogP contribution in [0.4, 0.5) is 0 Å². The van der Waals surface area contributed by atoms with E-state index in [0.717, 1.165) is 38.5 Å². The van der Waals surface area contributed by atoms with Crippen molar-refractivity contribution in [3.63, 3.8) is 0 Å². The highest BCUT2D eigenvalue weighted by molar-refractivity contribution is 5.69. The number of esters is 2. The van der Waals surface area contributed by atoms with E-state index in [-0.39, 0.29) is 30.8 Å². The predicted molar refractivity (Wildman–Crippen MR) is 83.5 cm³/mol. The number of carbonyl (C=O) groups excluding carboxylic acids is 2. The molecule has 0 aromatic carbocycles. The lowest BCUT2D eigenvalue weighted by Gasteiger charge is -2.11. The maximum atomic E-state index is 11.6. The summed E-state index contributed by atoms with van der Waals surface area (Å²) in [6.07, 6.45) is 7.23. The fourth-order valence-corrected chi connectivity index (χ4v) is 2.41. The van der Waals surface area contributed by atoms with E-state index in [1.807, 2.05) is 0 Å². The fraction of sp³-hybridized carbons (Fsp3) is 0.882. The van der Waals surface area contributed by atoms with Gasteiger partial charge in [-0.15, -0.1) is 0 Å². The highest BCUT2D eigenvalue weighted by Gasteiger charge is 2.29. The van der Waals surface area contributed by atoms with Gasteiger partial charge in [0.05, 0.1) is 12.7 Å². The molecule has 1 aliphatic rings. The number of rotatable bonds is 11. The minimum Gasteiger partial charge on any atom is -0.463 e. The van der Waals surface area contributed by atoms with E-state index in [0.29, 0.717) is 25.9 Å². The molecule has 0 aromatic heterocycles. The standard InChI is InChI=1S/C17H30O5/c1-3-5-7-9-16(18)21-12-14-11-15(13-20-14)22-17(19)10-8-6-4-2/h14-15H,3-13H2,1-2H3/t14?,15-/m1/s1. The normalized spacial score (nSPS) is 20.8. The largest absolute Gasteiger partial charge is 0.463 e. The first-order chi connectivity index (χ1) is 10.7. The molecule has 0 radical (unpaired) electrons. The summed E-state index contributed by atoms with van der Waals surface area (Å²) in [5, 5.41) is 0. The molecule has 1 saturated heterocycles. The van der Waals surface area contributed by atoms with Crippen LogP contribution in [0.1, 0.15) is 71.6 Å². The Kier molecular flexibility index (Phi) is 9.87. The summed E-state index contributed by atoms with van der Waals surface area (Å²) in [5.41, 5.74) is 0. The summed E-state index contributed by atoms with van der Waals surface area (Å²) in [5.74, 6) is -0.323. The van der Waals surface area contributed by atoms with Crippen molar-refractivity contribution in [3.05, 3.63) is 0 Å². The van der Waals surface area contributed by atoms with Crippen molar-refractivity contribution in [2.45, 2.75) is 83.8 Å². The summed E-state index contributed by atoms with van der Waals surface area (Å²) in [6, 6.07) is 0. The monoisotopic (exact) mass is 314 g/mol. The van der Waals surface area contributed by atoms with Crippen LogP contribution in [0, 0.1) is 0 Å². The smallest absolute Gasteiger partial charge is 0.306 e. The summed E-state index contributed by atoms with van der Waals surface area (Å²) in [4.78, 5) is 23.1. The van der Waals surface area contributed by atoms with Crippen LogP contribution in [0.15, 0.2) is 0 Å². The average Bonchev–Trinajstić information content (AvgIpc) is 2.93. The Labute approximate surface area is 133 Å². The molecule has 0 aromatic rings. The van der Waals surface area contributed by atoms with E-state index in [2.05, 4.69) is 13.8 Å². The zero-order chi connectivity index (χ0) is 16.2. The second-order valence-electron chi connectivity index (χ2n) is 5.90. The van der Waals surface area contributed by atoms with Crippen molar-refractivity contribution in [2.24, 2.45) is 0 Å². The summed E-state index contributed by atoms with van der Waals surface area (Å²) < 4.78 is 16.1. The van der Waals surface area contributed by atoms with Crippen molar-refractivity contribution in [1.82, 2.24) is 0 Å². The van der Waals surface area contributed by atoms with Crippen LogP contribution < -0.4 is 0 Å². The molecule has 128 valence electrons. The maximum Gasteiger partial charge on any atom is 0.306 e. The number of unbranched alkanes of at least 4 members (excludes halogenated alkanes) is 4. The molecule has 0 bridgehead atoms. The van der Waals surface area contributed by atoms with E-state index in [9.17, 15) is 9.59 Å². The SMILES string of the molecule is CCCCCC(=O)OCC1C[C@@H](OC(=O)CCCCC)CO1. The quantitative estimate of drug-likeness (QED) is 0.432. The lowest BCUT2D eigenvalue weighted by molar-refractivity contribution is -0.149. The van der Waals surface area contributed by atoms with Gasteiger partial charge in [-0.3, -0.25) is 9.59 Å². The highest BCUT2D eigenvalue weighted by Crippen LogP contribution is 2.18. The van der Waals surface area contributed by atoms with Crippen LogP contribution in [-0.2, 0) is 23.8 Å². The van der Waals surface area contributed by atoms with Crippen molar-refractivity contribution >= 4 is 11.9 Å². The third-order valence-corrected chi connectivity index (χ3v) is 3.74. The van der Waals surface area contributed by atoms with Gasteiger partial charge in [-0.25, -0.2) is 0 Å². The molecule has 0 N–H and O–H groups in total. The van der Waals surface area contributed by atoms with Gasteiger partial charge < -0.3 is 14.2 Å². The van der Waals surface area contributed by atoms with Crippen LogP contribution in [0.25, 0.3) is 0 Å². The van der Waals surface area contributed by atoms with Gasteiger partial charge in [0, 0.05) is 19.3 Å². The molecule has 1 fully saturated rings. The molecule has 0 amide bonds. The molecule has 5 nitrogen and oxygen atoms in total. The second kappa shape index (κ2) is 11.5. The van der Waals surface area contributed by atoms with Gasteiger partial charge in [0.15, 0.2) is 0 Å². The zero-order valence-electron chi connectivity index (χ0n) is 14.0. The van der Waals surface area contributed by atoms with Gasteiger partial charge in [-0.05, 0) is 12.8 Å². The Morgan fingerprint density at radius 2 is 1.64 bits per heavy atom. The Balaban J connectivity index is 2.09. The van der Waals surface area contributed by atoms with E-state index >= 15 is 0 Å². The second-order valence-corrected chi connectivity index (χ2v) is 5.90. The number of ether oxygens (including phenoxy) is 3. The minimum atomic E-state index is -0.196. The maximum absolute atomic E-state index is 11.6. The molecule has 1 aliphatic heterocycles. The predicted octanol–water partition coefficient (Wildman–Crippen LogP) is 3.39.